The lowest BCUT2D eigenvalue weighted by Gasteiger charge is -2.33. The summed E-state index contributed by atoms with van der Waals surface area (Å²) < 4.78 is 11.0. The number of fused-ring (bicyclic) bond motifs is 1. The summed E-state index contributed by atoms with van der Waals surface area (Å²) in [4.78, 5) is 17.8. The van der Waals surface area contributed by atoms with E-state index in [-0.39, 0.29) is 11.3 Å². The molecule has 1 aliphatic rings. The van der Waals surface area contributed by atoms with Crippen LogP contribution in [0.5, 0.6) is 5.75 Å². The highest BCUT2D eigenvalue weighted by Crippen LogP contribution is 2.40. The number of amides is 1. The quantitative estimate of drug-likeness (QED) is 0.559. The van der Waals surface area contributed by atoms with Crippen molar-refractivity contribution in [3.8, 4) is 34.7 Å². The van der Waals surface area contributed by atoms with Gasteiger partial charge in [0.2, 0.25) is 5.82 Å². The van der Waals surface area contributed by atoms with E-state index in [1.54, 1.807) is 18.2 Å². The van der Waals surface area contributed by atoms with Crippen molar-refractivity contribution >= 4 is 6.09 Å². The number of nitrogens with zero attached hydrogens (tertiary/aromatic N) is 4. The van der Waals surface area contributed by atoms with Gasteiger partial charge in [0.25, 0.3) is 5.89 Å². The molecule has 1 aliphatic heterocycles. The van der Waals surface area contributed by atoms with Gasteiger partial charge in [-0.3, -0.25) is 0 Å². The smallest absolute Gasteiger partial charge is 0.407 e. The first kappa shape index (κ1) is 23.3. The molecular weight excluding hydrogens is 432 g/mol. The van der Waals surface area contributed by atoms with Crippen molar-refractivity contribution in [3.05, 3.63) is 53.1 Å². The van der Waals surface area contributed by atoms with Gasteiger partial charge in [-0.2, -0.15) is 10.2 Å². The number of ether oxygens (including phenoxy) is 1. The van der Waals surface area contributed by atoms with Crippen LogP contribution in [0.4, 0.5) is 4.79 Å². The Bertz CT molecular complexity index is 1250. The Labute approximate surface area is 198 Å². The zero-order valence-electron chi connectivity index (χ0n) is 19.8. The lowest BCUT2D eigenvalue weighted by atomic mass is 9.75. The van der Waals surface area contributed by atoms with Crippen LogP contribution in [0.1, 0.15) is 50.3 Å². The molecular formula is C26H28N4O4. The first-order chi connectivity index (χ1) is 16.2. The van der Waals surface area contributed by atoms with Crippen molar-refractivity contribution < 1.29 is 19.2 Å². The molecule has 0 saturated heterocycles. The molecule has 2 aromatic carbocycles. The average Bonchev–Trinajstić information content (AvgIpc) is 3.20. The largest absolute Gasteiger partial charge is 0.492 e. The van der Waals surface area contributed by atoms with Crippen LogP contribution in [0.2, 0.25) is 0 Å². The first-order valence-electron chi connectivity index (χ1n) is 11.3. The summed E-state index contributed by atoms with van der Waals surface area (Å²) in [7, 11) is 0. The van der Waals surface area contributed by atoms with Gasteiger partial charge in [0.15, 0.2) is 0 Å². The number of benzene rings is 2. The van der Waals surface area contributed by atoms with Gasteiger partial charge in [0, 0.05) is 30.1 Å². The molecule has 0 radical (unpaired) electrons. The van der Waals surface area contributed by atoms with Crippen molar-refractivity contribution in [2.75, 3.05) is 19.7 Å². The minimum absolute atomic E-state index is 0.0734. The molecule has 34 heavy (non-hydrogen) atoms. The standard InChI is InChI=1S/C26H28N4O4/c1-5-33-22-9-7-18(13-19(22)14-27)24-28-23(29-34-24)17-6-8-20-16(12-17)10-11-30(25(31)32)15-21(20)26(2,3)4/h6-9,12-13,21H,5,10-11,15H2,1-4H3,(H,31,32). The third-order valence-electron chi connectivity index (χ3n) is 6.22. The number of hydrogen-bond donors (Lipinski definition) is 1. The van der Waals surface area contributed by atoms with Gasteiger partial charge in [-0.15, -0.1) is 0 Å². The highest BCUT2D eigenvalue weighted by Gasteiger charge is 2.33. The first-order valence-corrected chi connectivity index (χ1v) is 11.3. The average molecular weight is 461 g/mol. The van der Waals surface area contributed by atoms with Crippen molar-refractivity contribution in [2.45, 2.75) is 40.0 Å². The second kappa shape index (κ2) is 9.18. The molecule has 1 amide bonds. The predicted molar refractivity (Wildman–Crippen MR) is 127 cm³/mol. The number of hydrogen-bond acceptors (Lipinski definition) is 6. The SMILES string of the molecule is CCOc1ccc(-c2nc(-c3ccc4c(c3)CCN(C(=O)O)CC4C(C)(C)C)no2)cc1C#N. The highest BCUT2D eigenvalue weighted by molar-refractivity contribution is 5.66. The maximum absolute atomic E-state index is 11.7. The van der Waals surface area contributed by atoms with Crippen molar-refractivity contribution in [3.63, 3.8) is 0 Å². The Morgan fingerprint density at radius 3 is 2.71 bits per heavy atom. The van der Waals surface area contributed by atoms with E-state index in [2.05, 4.69) is 43.0 Å². The van der Waals surface area contributed by atoms with E-state index in [1.165, 1.54) is 4.90 Å². The molecule has 0 saturated carbocycles. The topological polar surface area (TPSA) is 112 Å². The Kier molecular flexibility index (Phi) is 6.29. The van der Waals surface area contributed by atoms with Gasteiger partial charge in [0.05, 0.1) is 12.2 Å². The molecule has 1 N–H and O–H groups in total. The zero-order valence-corrected chi connectivity index (χ0v) is 19.8. The Morgan fingerprint density at radius 1 is 1.26 bits per heavy atom. The van der Waals surface area contributed by atoms with E-state index in [4.69, 9.17) is 9.26 Å². The summed E-state index contributed by atoms with van der Waals surface area (Å²) in [5.74, 6) is 1.35. The third-order valence-corrected chi connectivity index (χ3v) is 6.22. The number of carboxylic acid groups (broad SMARTS) is 1. The minimum atomic E-state index is -0.891. The molecule has 0 fully saturated rings. The van der Waals surface area contributed by atoms with Crippen LogP contribution >= 0.6 is 0 Å². The summed E-state index contributed by atoms with van der Waals surface area (Å²) in [6, 6.07) is 13.4. The van der Waals surface area contributed by atoms with Crippen molar-refractivity contribution in [2.24, 2.45) is 5.41 Å². The summed E-state index contributed by atoms with van der Waals surface area (Å²) >= 11 is 0. The highest BCUT2D eigenvalue weighted by atomic mass is 16.5. The number of nitriles is 1. The van der Waals surface area contributed by atoms with E-state index in [9.17, 15) is 15.2 Å². The van der Waals surface area contributed by atoms with Crippen LogP contribution in [-0.2, 0) is 6.42 Å². The Morgan fingerprint density at radius 2 is 2.03 bits per heavy atom. The normalized spacial score (nSPS) is 15.9. The fourth-order valence-corrected chi connectivity index (χ4v) is 4.37. The molecule has 2 heterocycles. The summed E-state index contributed by atoms with van der Waals surface area (Å²) in [5, 5.41) is 23.2. The fourth-order valence-electron chi connectivity index (χ4n) is 4.37. The molecule has 0 spiro atoms. The summed E-state index contributed by atoms with van der Waals surface area (Å²) in [5.41, 5.74) is 4.00. The molecule has 8 nitrogen and oxygen atoms in total. The van der Waals surface area contributed by atoms with Gasteiger partial charge in [0.1, 0.15) is 11.8 Å². The summed E-state index contributed by atoms with van der Waals surface area (Å²) in [6.07, 6.45) is -0.269. The molecule has 1 atom stereocenters. The zero-order chi connectivity index (χ0) is 24.5. The monoisotopic (exact) mass is 460 g/mol. The predicted octanol–water partition coefficient (Wildman–Crippen LogP) is 5.34. The van der Waals surface area contributed by atoms with Gasteiger partial charge in [-0.25, -0.2) is 4.79 Å². The Balaban J connectivity index is 1.67. The number of rotatable bonds is 4. The third kappa shape index (κ3) is 4.60. The van der Waals surface area contributed by atoms with Crippen LogP contribution in [0.25, 0.3) is 22.8 Å². The van der Waals surface area contributed by atoms with Crippen LogP contribution in [0.3, 0.4) is 0 Å². The van der Waals surface area contributed by atoms with Gasteiger partial charge >= 0.3 is 6.09 Å². The van der Waals surface area contributed by atoms with Gasteiger partial charge < -0.3 is 19.3 Å². The molecule has 0 bridgehead atoms. The van der Waals surface area contributed by atoms with E-state index in [0.29, 0.717) is 54.7 Å². The van der Waals surface area contributed by atoms with Crippen LogP contribution in [-0.4, -0.2) is 45.9 Å². The molecule has 1 aromatic heterocycles. The lowest BCUT2D eigenvalue weighted by Crippen LogP contribution is -2.36. The lowest BCUT2D eigenvalue weighted by molar-refractivity contribution is 0.135. The molecule has 176 valence electrons. The maximum Gasteiger partial charge on any atom is 0.407 e. The van der Waals surface area contributed by atoms with E-state index < -0.39 is 6.09 Å². The maximum atomic E-state index is 11.7. The molecule has 1 unspecified atom stereocenters. The fraction of sp³-hybridized carbons (Fsp3) is 0.385. The van der Waals surface area contributed by atoms with Crippen LogP contribution in [0, 0.1) is 16.7 Å². The molecule has 4 rings (SSSR count). The second-order valence-corrected chi connectivity index (χ2v) is 9.49. The van der Waals surface area contributed by atoms with Crippen LogP contribution in [0.15, 0.2) is 40.9 Å². The molecule has 0 aliphatic carbocycles. The van der Waals surface area contributed by atoms with Gasteiger partial charge in [-0.1, -0.05) is 38.1 Å². The molecule has 3 aromatic rings. The molecule has 8 heteroatoms. The van der Waals surface area contributed by atoms with E-state index in [0.717, 1.165) is 16.7 Å². The number of carbonyl (C=O) groups is 1. The van der Waals surface area contributed by atoms with Gasteiger partial charge in [-0.05, 0) is 54.2 Å². The van der Waals surface area contributed by atoms with E-state index >= 15 is 0 Å². The van der Waals surface area contributed by atoms with Crippen LogP contribution < -0.4 is 4.74 Å². The van der Waals surface area contributed by atoms with Crippen molar-refractivity contribution in [1.82, 2.24) is 15.0 Å². The second-order valence-electron chi connectivity index (χ2n) is 9.49. The number of aromatic nitrogens is 2. The summed E-state index contributed by atoms with van der Waals surface area (Å²) in [6.45, 7) is 9.66. The minimum Gasteiger partial charge on any atom is -0.492 e. The van der Waals surface area contributed by atoms with Crippen molar-refractivity contribution in [1.29, 1.82) is 5.26 Å². The Hall–Kier alpha value is -3.86. The van der Waals surface area contributed by atoms with E-state index in [1.807, 2.05) is 19.1 Å².